The Morgan fingerprint density at radius 3 is 2.53 bits per heavy atom. The Bertz CT molecular complexity index is 200. The fraction of sp³-hybridized carbons (Fsp3) is 0.750. The predicted octanol–water partition coefficient (Wildman–Crippen LogP) is 2.58. The molecule has 0 aromatic carbocycles. The predicted molar refractivity (Wildman–Crippen MR) is 63.0 cm³/mol. The van der Waals surface area contributed by atoms with Crippen LogP contribution in [-0.2, 0) is 4.79 Å². The molecule has 3 nitrogen and oxygen atoms in total. The van der Waals surface area contributed by atoms with Crippen molar-refractivity contribution < 1.29 is 9.90 Å². The molecule has 0 amide bonds. The van der Waals surface area contributed by atoms with Gasteiger partial charge in [-0.2, -0.15) is 0 Å². The summed E-state index contributed by atoms with van der Waals surface area (Å²) in [7, 11) is 0. The van der Waals surface area contributed by atoms with Crippen LogP contribution in [0.2, 0.25) is 0 Å². The van der Waals surface area contributed by atoms with Gasteiger partial charge in [0.05, 0.1) is 0 Å². The van der Waals surface area contributed by atoms with E-state index in [9.17, 15) is 4.79 Å². The van der Waals surface area contributed by atoms with Crippen LogP contribution in [0.1, 0.15) is 46.0 Å². The summed E-state index contributed by atoms with van der Waals surface area (Å²) >= 11 is 0. The van der Waals surface area contributed by atoms with Crippen molar-refractivity contribution in [2.24, 2.45) is 0 Å². The number of nitrogens with one attached hydrogen (secondary N) is 1. The summed E-state index contributed by atoms with van der Waals surface area (Å²) in [5.74, 6) is -0.809. The van der Waals surface area contributed by atoms with E-state index in [1.807, 2.05) is 0 Å². The zero-order valence-electron chi connectivity index (χ0n) is 9.88. The summed E-state index contributed by atoms with van der Waals surface area (Å²) in [6.45, 7) is 5.96. The largest absolute Gasteiger partial charge is 0.478 e. The van der Waals surface area contributed by atoms with E-state index in [1.165, 1.54) is 12.8 Å². The number of unbranched alkanes of at least 4 members (excludes halogenated alkanes) is 3. The van der Waals surface area contributed by atoms with Gasteiger partial charge in [0.25, 0.3) is 0 Å². The highest BCUT2D eigenvalue weighted by Gasteiger charge is 1.97. The molecule has 0 heterocycles. The average Bonchev–Trinajstić information content (AvgIpc) is 2.21. The summed E-state index contributed by atoms with van der Waals surface area (Å²) in [6.07, 6.45) is 7.31. The molecule has 88 valence electrons. The Labute approximate surface area is 92.6 Å². The SMILES string of the molecule is CCCCNCCCCC=C(C)C(=O)O. The minimum absolute atomic E-state index is 0.453. The molecule has 15 heavy (non-hydrogen) atoms. The van der Waals surface area contributed by atoms with Gasteiger partial charge < -0.3 is 10.4 Å². The van der Waals surface area contributed by atoms with Gasteiger partial charge in [-0.3, -0.25) is 0 Å². The van der Waals surface area contributed by atoms with E-state index >= 15 is 0 Å². The highest BCUT2D eigenvalue weighted by molar-refractivity contribution is 5.85. The van der Waals surface area contributed by atoms with Gasteiger partial charge in [-0.15, -0.1) is 0 Å². The molecule has 0 atom stereocenters. The third kappa shape index (κ3) is 9.47. The van der Waals surface area contributed by atoms with E-state index in [-0.39, 0.29) is 0 Å². The lowest BCUT2D eigenvalue weighted by Crippen LogP contribution is -2.16. The molecule has 0 aliphatic heterocycles. The van der Waals surface area contributed by atoms with Gasteiger partial charge in [0.2, 0.25) is 0 Å². The number of carboxylic acid groups (broad SMARTS) is 1. The quantitative estimate of drug-likeness (QED) is 0.457. The highest BCUT2D eigenvalue weighted by Crippen LogP contribution is 2.00. The van der Waals surface area contributed by atoms with E-state index in [0.717, 1.165) is 32.4 Å². The van der Waals surface area contributed by atoms with Gasteiger partial charge in [0, 0.05) is 5.57 Å². The summed E-state index contributed by atoms with van der Waals surface area (Å²) in [5.41, 5.74) is 0.453. The Kier molecular flexibility index (Phi) is 9.18. The van der Waals surface area contributed by atoms with Gasteiger partial charge in [0.1, 0.15) is 0 Å². The Hall–Kier alpha value is -0.830. The van der Waals surface area contributed by atoms with Crippen molar-refractivity contribution in [1.82, 2.24) is 5.32 Å². The maximum absolute atomic E-state index is 10.5. The van der Waals surface area contributed by atoms with Crippen molar-refractivity contribution in [3.63, 3.8) is 0 Å². The third-order valence-electron chi connectivity index (χ3n) is 2.30. The van der Waals surface area contributed by atoms with Crippen LogP contribution < -0.4 is 5.32 Å². The first-order valence-electron chi connectivity index (χ1n) is 5.79. The number of hydrogen-bond donors (Lipinski definition) is 2. The summed E-state index contributed by atoms with van der Waals surface area (Å²) in [4.78, 5) is 10.5. The van der Waals surface area contributed by atoms with Crippen molar-refractivity contribution in [3.8, 4) is 0 Å². The second-order valence-electron chi connectivity index (χ2n) is 3.79. The smallest absolute Gasteiger partial charge is 0.330 e. The molecule has 0 saturated carbocycles. The lowest BCUT2D eigenvalue weighted by Gasteiger charge is -2.02. The fourth-order valence-electron chi connectivity index (χ4n) is 1.23. The molecule has 0 aromatic heterocycles. The number of rotatable bonds is 9. The molecule has 0 aromatic rings. The van der Waals surface area contributed by atoms with E-state index in [4.69, 9.17) is 5.11 Å². The van der Waals surface area contributed by atoms with Crippen molar-refractivity contribution in [2.75, 3.05) is 13.1 Å². The molecule has 2 N–H and O–H groups in total. The third-order valence-corrected chi connectivity index (χ3v) is 2.30. The molecule has 0 radical (unpaired) electrons. The topological polar surface area (TPSA) is 49.3 Å². The van der Waals surface area contributed by atoms with Gasteiger partial charge in [-0.25, -0.2) is 4.79 Å². The zero-order valence-corrected chi connectivity index (χ0v) is 9.88. The summed E-state index contributed by atoms with van der Waals surface area (Å²) < 4.78 is 0. The summed E-state index contributed by atoms with van der Waals surface area (Å²) in [5, 5.41) is 12.0. The zero-order chi connectivity index (χ0) is 11.5. The van der Waals surface area contributed by atoms with Crippen molar-refractivity contribution in [1.29, 1.82) is 0 Å². The van der Waals surface area contributed by atoms with E-state index in [2.05, 4.69) is 12.2 Å². The molecular weight excluding hydrogens is 190 g/mol. The number of aliphatic carboxylic acids is 1. The van der Waals surface area contributed by atoms with Gasteiger partial charge in [0.15, 0.2) is 0 Å². The molecule has 3 heteroatoms. The molecular formula is C12H23NO2. The molecule has 0 rings (SSSR count). The number of carboxylic acids is 1. The van der Waals surface area contributed by atoms with Crippen LogP contribution in [0.3, 0.4) is 0 Å². The van der Waals surface area contributed by atoms with Crippen LogP contribution in [0.5, 0.6) is 0 Å². The minimum atomic E-state index is -0.809. The first-order chi connectivity index (χ1) is 7.18. The van der Waals surface area contributed by atoms with Crippen LogP contribution in [-0.4, -0.2) is 24.2 Å². The van der Waals surface area contributed by atoms with Crippen molar-refractivity contribution in [2.45, 2.75) is 46.0 Å². The van der Waals surface area contributed by atoms with Gasteiger partial charge >= 0.3 is 5.97 Å². The van der Waals surface area contributed by atoms with E-state index in [1.54, 1.807) is 13.0 Å². The lowest BCUT2D eigenvalue weighted by molar-refractivity contribution is -0.132. The maximum atomic E-state index is 10.5. The van der Waals surface area contributed by atoms with Crippen LogP contribution in [0.4, 0.5) is 0 Å². The van der Waals surface area contributed by atoms with Crippen LogP contribution in [0, 0.1) is 0 Å². The first kappa shape index (κ1) is 14.2. The molecule has 0 fully saturated rings. The van der Waals surface area contributed by atoms with Crippen molar-refractivity contribution >= 4 is 5.97 Å². The van der Waals surface area contributed by atoms with Crippen molar-refractivity contribution in [3.05, 3.63) is 11.6 Å². The van der Waals surface area contributed by atoms with Crippen LogP contribution in [0.15, 0.2) is 11.6 Å². The second kappa shape index (κ2) is 9.71. The standard InChI is InChI=1S/C12H23NO2/c1-3-4-9-13-10-7-5-6-8-11(2)12(14)15/h8,13H,3-7,9-10H2,1-2H3,(H,14,15). The number of hydrogen-bond acceptors (Lipinski definition) is 2. The van der Waals surface area contributed by atoms with Crippen LogP contribution >= 0.6 is 0 Å². The Morgan fingerprint density at radius 1 is 1.27 bits per heavy atom. The van der Waals surface area contributed by atoms with Crippen LogP contribution in [0.25, 0.3) is 0 Å². The Morgan fingerprint density at radius 2 is 1.93 bits per heavy atom. The van der Waals surface area contributed by atoms with Gasteiger partial charge in [-0.1, -0.05) is 19.4 Å². The molecule has 0 bridgehead atoms. The summed E-state index contributed by atoms with van der Waals surface area (Å²) in [6, 6.07) is 0. The second-order valence-corrected chi connectivity index (χ2v) is 3.79. The van der Waals surface area contributed by atoms with Gasteiger partial charge in [-0.05, 0) is 45.7 Å². The maximum Gasteiger partial charge on any atom is 0.330 e. The normalized spacial score (nSPS) is 11.7. The minimum Gasteiger partial charge on any atom is -0.478 e. The fourth-order valence-corrected chi connectivity index (χ4v) is 1.23. The van der Waals surface area contributed by atoms with E-state index in [0.29, 0.717) is 5.57 Å². The number of carbonyl (C=O) groups is 1. The molecule has 0 spiro atoms. The lowest BCUT2D eigenvalue weighted by atomic mass is 10.2. The molecule has 0 aliphatic rings. The molecule has 0 unspecified atom stereocenters. The average molecular weight is 213 g/mol. The number of allylic oxidation sites excluding steroid dienone is 1. The monoisotopic (exact) mass is 213 g/mol. The first-order valence-corrected chi connectivity index (χ1v) is 5.79. The molecule has 0 saturated heterocycles. The highest BCUT2D eigenvalue weighted by atomic mass is 16.4. The Balaban J connectivity index is 3.25. The molecule has 0 aliphatic carbocycles. The van der Waals surface area contributed by atoms with E-state index < -0.39 is 5.97 Å².